The molecule has 0 radical (unpaired) electrons. The van der Waals surface area contributed by atoms with Crippen LogP contribution in [-0.2, 0) is 22.6 Å². The number of likely N-dealkylation sites (N-methyl/N-ethyl adjacent to an activating group) is 1. The molecule has 0 saturated carbocycles. The van der Waals surface area contributed by atoms with Crippen molar-refractivity contribution in [2.75, 3.05) is 13.8 Å². The Morgan fingerprint density at radius 1 is 1.38 bits per heavy atom. The molecule has 2 aromatic rings. The van der Waals surface area contributed by atoms with Crippen LogP contribution < -0.4 is 10.6 Å². The summed E-state index contributed by atoms with van der Waals surface area (Å²) < 4.78 is 5.44. The van der Waals surface area contributed by atoms with Crippen molar-refractivity contribution >= 4 is 5.91 Å². The molecular weight excluding hydrogens is 268 g/mol. The summed E-state index contributed by atoms with van der Waals surface area (Å²) in [5, 5.41) is 5.73. The lowest BCUT2D eigenvalue weighted by molar-refractivity contribution is -0.124. The molecule has 0 spiro atoms. The van der Waals surface area contributed by atoms with Crippen molar-refractivity contribution in [1.29, 1.82) is 0 Å². The third-order valence-corrected chi connectivity index (χ3v) is 3.09. The van der Waals surface area contributed by atoms with Crippen LogP contribution in [0.3, 0.4) is 0 Å². The van der Waals surface area contributed by atoms with Gasteiger partial charge in [-0.05, 0) is 12.6 Å². The van der Waals surface area contributed by atoms with Crippen LogP contribution >= 0.6 is 0 Å². The minimum absolute atomic E-state index is 0.103. The number of hydrogen-bond donors (Lipinski definition) is 3. The minimum atomic E-state index is -0.325. The fraction of sp³-hybridized carbons (Fsp3) is 0.333. The standard InChI is InChI=1S/C15H20N4O2/c1-16-14(7-13-8-17-10-18-13)15(20)19-11-21-9-12-5-3-2-4-6-12/h2-6,8,10,14,16H,7,9,11H2,1H3,(H,17,18)(H,19,20)/t14-/m0/s1. The normalized spacial score (nSPS) is 12.0. The minimum Gasteiger partial charge on any atom is -0.357 e. The van der Waals surface area contributed by atoms with Crippen LogP contribution in [0.4, 0.5) is 0 Å². The number of hydrogen-bond acceptors (Lipinski definition) is 4. The third-order valence-electron chi connectivity index (χ3n) is 3.09. The molecule has 0 aliphatic rings. The second-order valence-electron chi connectivity index (χ2n) is 4.63. The van der Waals surface area contributed by atoms with Crippen molar-refractivity contribution in [3.8, 4) is 0 Å². The molecule has 6 heteroatoms. The van der Waals surface area contributed by atoms with Gasteiger partial charge in [-0.25, -0.2) is 4.98 Å². The van der Waals surface area contributed by atoms with E-state index in [2.05, 4.69) is 20.6 Å². The largest absolute Gasteiger partial charge is 0.357 e. The number of benzene rings is 1. The first-order valence-corrected chi connectivity index (χ1v) is 6.84. The van der Waals surface area contributed by atoms with Crippen molar-refractivity contribution in [2.24, 2.45) is 0 Å². The second kappa shape index (κ2) is 8.18. The summed E-state index contributed by atoms with van der Waals surface area (Å²) in [6.45, 7) is 0.664. The molecule has 1 aromatic heterocycles. The molecule has 0 aliphatic carbocycles. The van der Waals surface area contributed by atoms with E-state index in [-0.39, 0.29) is 18.7 Å². The zero-order valence-corrected chi connectivity index (χ0v) is 12.0. The predicted octanol–water partition coefficient (Wildman–Crippen LogP) is 0.831. The molecular formula is C15H20N4O2. The van der Waals surface area contributed by atoms with Gasteiger partial charge in [-0.1, -0.05) is 30.3 Å². The van der Waals surface area contributed by atoms with E-state index in [1.807, 2.05) is 30.3 Å². The van der Waals surface area contributed by atoms with E-state index < -0.39 is 0 Å². The van der Waals surface area contributed by atoms with Crippen molar-refractivity contribution in [1.82, 2.24) is 20.6 Å². The van der Waals surface area contributed by atoms with Gasteiger partial charge in [0.2, 0.25) is 5.91 Å². The molecule has 0 bridgehead atoms. The fourth-order valence-corrected chi connectivity index (χ4v) is 1.93. The number of rotatable bonds is 8. The molecule has 0 unspecified atom stereocenters. The van der Waals surface area contributed by atoms with Gasteiger partial charge < -0.3 is 20.4 Å². The lowest BCUT2D eigenvalue weighted by Crippen LogP contribution is -2.44. The Kier molecular flexibility index (Phi) is 5.93. The Labute approximate surface area is 123 Å². The Bertz CT molecular complexity index is 528. The van der Waals surface area contributed by atoms with E-state index in [4.69, 9.17) is 4.74 Å². The van der Waals surface area contributed by atoms with Crippen LogP contribution in [0, 0.1) is 0 Å². The van der Waals surface area contributed by atoms with Gasteiger partial charge in [-0.3, -0.25) is 4.79 Å². The number of nitrogens with one attached hydrogen (secondary N) is 3. The van der Waals surface area contributed by atoms with E-state index in [0.29, 0.717) is 13.0 Å². The van der Waals surface area contributed by atoms with E-state index in [9.17, 15) is 4.79 Å². The Morgan fingerprint density at radius 2 is 2.19 bits per heavy atom. The maximum atomic E-state index is 12.0. The Balaban J connectivity index is 1.70. The number of aromatic nitrogens is 2. The SMILES string of the molecule is CN[C@@H](Cc1c[nH]cn1)C(=O)NCOCc1ccccc1. The summed E-state index contributed by atoms with van der Waals surface area (Å²) in [4.78, 5) is 19.0. The van der Waals surface area contributed by atoms with Gasteiger partial charge in [0.1, 0.15) is 6.73 Å². The number of imidazole rings is 1. The van der Waals surface area contributed by atoms with E-state index in [0.717, 1.165) is 11.3 Å². The lowest BCUT2D eigenvalue weighted by Gasteiger charge is -2.15. The maximum absolute atomic E-state index is 12.0. The first-order chi connectivity index (χ1) is 10.3. The number of carbonyl (C=O) groups excluding carboxylic acids is 1. The van der Waals surface area contributed by atoms with Gasteiger partial charge in [0, 0.05) is 12.6 Å². The smallest absolute Gasteiger partial charge is 0.239 e. The van der Waals surface area contributed by atoms with Crippen molar-refractivity contribution in [2.45, 2.75) is 19.1 Å². The molecule has 0 saturated heterocycles. The average Bonchev–Trinajstić information content (AvgIpc) is 3.03. The van der Waals surface area contributed by atoms with Crippen LogP contribution in [0.5, 0.6) is 0 Å². The molecule has 2 rings (SSSR count). The van der Waals surface area contributed by atoms with Gasteiger partial charge in [0.05, 0.1) is 24.7 Å². The number of aromatic amines is 1. The van der Waals surface area contributed by atoms with Crippen molar-refractivity contribution < 1.29 is 9.53 Å². The molecule has 0 aliphatic heterocycles. The number of nitrogens with zero attached hydrogens (tertiary/aromatic N) is 1. The quantitative estimate of drug-likeness (QED) is 0.496. The molecule has 112 valence electrons. The molecule has 1 aromatic carbocycles. The number of H-pyrrole nitrogens is 1. The highest BCUT2D eigenvalue weighted by molar-refractivity contribution is 5.81. The van der Waals surface area contributed by atoms with Crippen LogP contribution in [-0.4, -0.2) is 35.7 Å². The van der Waals surface area contributed by atoms with Gasteiger partial charge in [0.25, 0.3) is 0 Å². The summed E-state index contributed by atoms with van der Waals surface area (Å²) >= 11 is 0. The van der Waals surface area contributed by atoms with Gasteiger partial charge in [-0.2, -0.15) is 0 Å². The van der Waals surface area contributed by atoms with Gasteiger partial charge >= 0.3 is 0 Å². The van der Waals surface area contributed by atoms with Gasteiger partial charge in [-0.15, -0.1) is 0 Å². The molecule has 21 heavy (non-hydrogen) atoms. The Morgan fingerprint density at radius 3 is 2.86 bits per heavy atom. The average molecular weight is 288 g/mol. The van der Waals surface area contributed by atoms with Crippen LogP contribution in [0.2, 0.25) is 0 Å². The highest BCUT2D eigenvalue weighted by atomic mass is 16.5. The summed E-state index contributed by atoms with van der Waals surface area (Å²) in [6.07, 6.45) is 3.91. The number of amides is 1. The van der Waals surface area contributed by atoms with Crippen LogP contribution in [0.25, 0.3) is 0 Å². The van der Waals surface area contributed by atoms with Crippen LogP contribution in [0.1, 0.15) is 11.3 Å². The number of carbonyl (C=O) groups is 1. The molecule has 1 atom stereocenters. The van der Waals surface area contributed by atoms with Crippen molar-refractivity contribution in [3.05, 3.63) is 54.1 Å². The van der Waals surface area contributed by atoms with Crippen molar-refractivity contribution in [3.63, 3.8) is 0 Å². The topological polar surface area (TPSA) is 79.0 Å². The first kappa shape index (κ1) is 15.2. The summed E-state index contributed by atoms with van der Waals surface area (Å²) in [7, 11) is 1.75. The number of ether oxygens (including phenoxy) is 1. The van der Waals surface area contributed by atoms with Crippen LogP contribution in [0.15, 0.2) is 42.9 Å². The zero-order valence-electron chi connectivity index (χ0n) is 12.0. The molecule has 6 nitrogen and oxygen atoms in total. The maximum Gasteiger partial charge on any atom is 0.239 e. The highest BCUT2D eigenvalue weighted by Crippen LogP contribution is 2.00. The van der Waals surface area contributed by atoms with E-state index in [1.165, 1.54) is 0 Å². The molecule has 0 fully saturated rings. The predicted molar refractivity (Wildman–Crippen MR) is 79.4 cm³/mol. The first-order valence-electron chi connectivity index (χ1n) is 6.84. The summed E-state index contributed by atoms with van der Waals surface area (Å²) in [5.74, 6) is -0.103. The van der Waals surface area contributed by atoms with Gasteiger partial charge in [0.15, 0.2) is 0 Å². The summed E-state index contributed by atoms with van der Waals surface area (Å²) in [6, 6.07) is 9.51. The molecule has 1 heterocycles. The molecule has 3 N–H and O–H groups in total. The third kappa shape index (κ3) is 5.02. The zero-order chi connectivity index (χ0) is 14.9. The Hall–Kier alpha value is -2.18. The molecule has 1 amide bonds. The lowest BCUT2D eigenvalue weighted by atomic mass is 10.1. The van der Waals surface area contributed by atoms with E-state index in [1.54, 1.807) is 19.6 Å². The van der Waals surface area contributed by atoms with E-state index >= 15 is 0 Å². The summed E-state index contributed by atoms with van der Waals surface area (Å²) in [5.41, 5.74) is 1.92. The second-order valence-corrected chi connectivity index (χ2v) is 4.63. The monoisotopic (exact) mass is 288 g/mol. The highest BCUT2D eigenvalue weighted by Gasteiger charge is 2.17. The fourth-order valence-electron chi connectivity index (χ4n) is 1.93.